The summed E-state index contributed by atoms with van der Waals surface area (Å²) in [7, 11) is 1.70. The Bertz CT molecular complexity index is 1600. The summed E-state index contributed by atoms with van der Waals surface area (Å²) in [5.41, 5.74) is 9.21. The molecule has 6 rings (SSSR count). The number of fused-ring (bicyclic) bond motifs is 1. The first-order valence-corrected chi connectivity index (χ1v) is 15.3. The Morgan fingerprint density at radius 1 is 1.12 bits per heavy atom. The van der Waals surface area contributed by atoms with Crippen molar-refractivity contribution in [1.82, 2.24) is 30.4 Å². The van der Waals surface area contributed by atoms with E-state index in [1.54, 1.807) is 7.11 Å². The summed E-state index contributed by atoms with van der Waals surface area (Å²) in [5.74, 6) is 2.66. The van der Waals surface area contributed by atoms with Crippen molar-refractivity contribution in [2.75, 3.05) is 20.2 Å². The molecule has 1 saturated heterocycles. The van der Waals surface area contributed by atoms with Gasteiger partial charge in [-0.1, -0.05) is 54.6 Å². The normalized spacial score (nSPS) is 18.7. The molecule has 1 aliphatic heterocycles. The topological polar surface area (TPSA) is 123 Å². The maximum Gasteiger partial charge on any atom is 0.240 e. The highest BCUT2D eigenvalue weighted by Gasteiger charge is 2.37. The molecular formula is C34H41N7O2. The summed E-state index contributed by atoms with van der Waals surface area (Å²) in [5, 5.41) is 17.3. The second kappa shape index (κ2) is 13.0. The quantitative estimate of drug-likeness (QED) is 0.212. The Kier molecular flexibility index (Phi) is 8.72. The van der Waals surface area contributed by atoms with Crippen molar-refractivity contribution in [1.29, 1.82) is 0 Å². The highest BCUT2D eigenvalue weighted by atomic mass is 16.5. The number of carbonyl (C=O) groups is 1. The van der Waals surface area contributed by atoms with E-state index in [2.05, 4.69) is 68.7 Å². The minimum Gasteiger partial charge on any atom is -0.497 e. The number of aromatic amines is 1. The third kappa shape index (κ3) is 6.58. The fourth-order valence-corrected chi connectivity index (χ4v) is 6.19. The molecule has 0 radical (unpaired) electrons. The first kappa shape index (κ1) is 28.9. The van der Waals surface area contributed by atoms with E-state index in [-0.39, 0.29) is 11.8 Å². The zero-order valence-electron chi connectivity index (χ0n) is 24.8. The summed E-state index contributed by atoms with van der Waals surface area (Å²) >= 11 is 0. The van der Waals surface area contributed by atoms with E-state index in [9.17, 15) is 4.79 Å². The predicted octanol–water partition coefficient (Wildman–Crippen LogP) is 4.13. The van der Waals surface area contributed by atoms with E-state index in [0.717, 1.165) is 66.2 Å². The summed E-state index contributed by atoms with van der Waals surface area (Å²) < 4.78 is 7.66. The number of ether oxygens (including phenoxy) is 1. The molecule has 1 aliphatic carbocycles. The number of rotatable bonds is 11. The van der Waals surface area contributed by atoms with Gasteiger partial charge in [-0.15, -0.1) is 10.2 Å². The fourth-order valence-electron chi connectivity index (χ4n) is 6.19. The number of nitrogens with zero attached hydrogens (tertiary/aromatic N) is 3. The van der Waals surface area contributed by atoms with Gasteiger partial charge >= 0.3 is 0 Å². The highest BCUT2D eigenvalue weighted by molar-refractivity contribution is 5.87. The van der Waals surface area contributed by atoms with E-state index < -0.39 is 11.6 Å². The maximum atomic E-state index is 13.8. The summed E-state index contributed by atoms with van der Waals surface area (Å²) in [6, 6.07) is 18.3. The van der Waals surface area contributed by atoms with Crippen LogP contribution >= 0.6 is 0 Å². The first-order valence-electron chi connectivity index (χ1n) is 15.3. The fraction of sp³-hybridized carbons (Fsp3) is 0.382. The Balaban J connectivity index is 1.35. The van der Waals surface area contributed by atoms with Gasteiger partial charge in [0, 0.05) is 36.5 Å². The zero-order chi connectivity index (χ0) is 29.6. The molecule has 224 valence electrons. The molecule has 2 aromatic heterocycles. The second-order valence-electron chi connectivity index (χ2n) is 11.7. The van der Waals surface area contributed by atoms with E-state index in [4.69, 9.17) is 20.7 Å². The van der Waals surface area contributed by atoms with Crippen LogP contribution in [0.5, 0.6) is 0 Å². The Morgan fingerprint density at radius 3 is 2.67 bits per heavy atom. The van der Waals surface area contributed by atoms with Gasteiger partial charge in [-0.2, -0.15) is 0 Å². The smallest absolute Gasteiger partial charge is 0.240 e. The van der Waals surface area contributed by atoms with Crippen LogP contribution < -0.4 is 16.4 Å². The average Bonchev–Trinajstić information content (AvgIpc) is 3.64. The van der Waals surface area contributed by atoms with Crippen LogP contribution in [0.1, 0.15) is 48.1 Å². The van der Waals surface area contributed by atoms with Gasteiger partial charge in [0.15, 0.2) is 5.82 Å². The lowest BCUT2D eigenvalue weighted by atomic mass is 9.88. The minimum absolute atomic E-state index is 0.135. The molecule has 2 aliphatic rings. The number of methoxy groups -OCH3 is 1. The number of para-hydroxylation sites is 1. The van der Waals surface area contributed by atoms with Gasteiger partial charge < -0.3 is 30.7 Å². The van der Waals surface area contributed by atoms with Gasteiger partial charge in [0.25, 0.3) is 0 Å². The number of nitrogens with one attached hydrogen (secondary N) is 3. The van der Waals surface area contributed by atoms with Crippen molar-refractivity contribution >= 4 is 16.8 Å². The monoisotopic (exact) mass is 579 g/mol. The standard InChI is InChI=1S/C34H41N7O2/c1-43-27-14-11-25(12-15-27)23-41-31(16-13-24-7-3-2-4-8-24)39-40-32(41)30(38-33(42)34(35)17-19-36-20-18-34)21-26-22-37-29-10-6-5-9-28(26)29/h2-11,14-15,22,25,30,36-37H,12-13,16-21,23,35H2,1H3,(H,38,42)/t25?,30-/m1/s1. The number of benzene rings is 2. The van der Waals surface area contributed by atoms with Crippen molar-refractivity contribution in [3.05, 3.63) is 108 Å². The van der Waals surface area contributed by atoms with Crippen LogP contribution in [0.3, 0.4) is 0 Å². The van der Waals surface area contributed by atoms with Crippen molar-refractivity contribution < 1.29 is 9.53 Å². The molecule has 5 N–H and O–H groups in total. The van der Waals surface area contributed by atoms with E-state index in [1.165, 1.54) is 5.56 Å². The van der Waals surface area contributed by atoms with Crippen LogP contribution in [0.2, 0.25) is 0 Å². The van der Waals surface area contributed by atoms with E-state index >= 15 is 0 Å². The van der Waals surface area contributed by atoms with E-state index in [1.807, 2.05) is 30.5 Å². The molecule has 9 heteroatoms. The number of H-pyrrole nitrogens is 1. The van der Waals surface area contributed by atoms with Gasteiger partial charge in [-0.05, 0) is 74.0 Å². The maximum absolute atomic E-state index is 13.8. The number of aryl methyl sites for hydroxylation is 2. The molecule has 2 atom stereocenters. The molecule has 43 heavy (non-hydrogen) atoms. The number of piperidine rings is 1. The number of hydrogen-bond acceptors (Lipinski definition) is 6. The van der Waals surface area contributed by atoms with Crippen molar-refractivity contribution in [2.24, 2.45) is 11.7 Å². The molecule has 1 amide bonds. The molecule has 9 nitrogen and oxygen atoms in total. The highest BCUT2D eigenvalue weighted by Crippen LogP contribution is 2.28. The Labute approximate surface area is 252 Å². The third-order valence-electron chi connectivity index (χ3n) is 8.81. The molecule has 2 aromatic carbocycles. The molecule has 3 heterocycles. The Morgan fingerprint density at radius 2 is 1.91 bits per heavy atom. The number of hydrogen-bond donors (Lipinski definition) is 4. The number of allylic oxidation sites excluding steroid dienone is 3. The van der Waals surface area contributed by atoms with Gasteiger partial charge in [-0.25, -0.2) is 0 Å². The second-order valence-corrected chi connectivity index (χ2v) is 11.7. The number of aromatic nitrogens is 4. The van der Waals surface area contributed by atoms with Gasteiger partial charge in [0.05, 0.1) is 18.7 Å². The largest absolute Gasteiger partial charge is 0.497 e. The van der Waals surface area contributed by atoms with Gasteiger partial charge in [-0.3, -0.25) is 4.79 Å². The summed E-state index contributed by atoms with van der Waals surface area (Å²) in [6.45, 7) is 2.15. The molecule has 1 unspecified atom stereocenters. The van der Waals surface area contributed by atoms with Crippen molar-refractivity contribution in [3.63, 3.8) is 0 Å². The Hall–Kier alpha value is -4.21. The predicted molar refractivity (Wildman–Crippen MR) is 168 cm³/mol. The lowest BCUT2D eigenvalue weighted by molar-refractivity contribution is -0.128. The molecule has 0 saturated carbocycles. The van der Waals surface area contributed by atoms with Crippen LogP contribution in [0.4, 0.5) is 0 Å². The molecular weight excluding hydrogens is 538 g/mol. The van der Waals surface area contributed by atoms with Crippen LogP contribution in [-0.2, 0) is 35.3 Å². The van der Waals surface area contributed by atoms with Crippen molar-refractivity contribution in [3.8, 4) is 0 Å². The van der Waals surface area contributed by atoms with Crippen LogP contribution in [0, 0.1) is 5.92 Å². The first-order chi connectivity index (χ1) is 21.0. The SMILES string of the molecule is COC1=CCC(Cn2c(CCc3ccccc3)nnc2[C@@H](Cc2c[nH]c3ccccc23)NC(=O)C2(N)CCNCC2)C=C1. The summed E-state index contributed by atoms with van der Waals surface area (Å²) in [6.07, 6.45) is 12.6. The van der Waals surface area contributed by atoms with Crippen LogP contribution in [0.15, 0.2) is 84.8 Å². The lowest BCUT2D eigenvalue weighted by Crippen LogP contribution is -2.59. The van der Waals surface area contributed by atoms with Gasteiger partial charge in [0.1, 0.15) is 11.6 Å². The number of carbonyl (C=O) groups excluding carboxylic acids is 1. The van der Waals surface area contributed by atoms with Crippen LogP contribution in [0.25, 0.3) is 10.9 Å². The van der Waals surface area contributed by atoms with Gasteiger partial charge in [0.2, 0.25) is 5.91 Å². The number of amides is 1. The zero-order valence-corrected chi connectivity index (χ0v) is 24.8. The molecule has 1 fully saturated rings. The molecule has 0 spiro atoms. The minimum atomic E-state index is -0.918. The summed E-state index contributed by atoms with van der Waals surface area (Å²) in [4.78, 5) is 17.2. The third-order valence-corrected chi connectivity index (χ3v) is 8.81. The van der Waals surface area contributed by atoms with Crippen molar-refractivity contribution in [2.45, 2.75) is 56.7 Å². The molecule has 4 aromatic rings. The number of nitrogens with two attached hydrogens (primary N) is 1. The lowest BCUT2D eigenvalue weighted by Gasteiger charge is -2.34. The van der Waals surface area contributed by atoms with Crippen LogP contribution in [-0.4, -0.2) is 51.4 Å². The average molecular weight is 580 g/mol. The van der Waals surface area contributed by atoms with E-state index in [0.29, 0.717) is 25.8 Å². The molecule has 0 bridgehead atoms.